The molecule has 0 aliphatic rings. The molecule has 9 aromatic rings. The van der Waals surface area contributed by atoms with Gasteiger partial charge < -0.3 is 34.6 Å². The van der Waals surface area contributed by atoms with Crippen LogP contribution in [0.1, 0.15) is 67.6 Å². The van der Waals surface area contributed by atoms with Gasteiger partial charge in [0, 0.05) is 78.4 Å². The second-order valence-electron chi connectivity index (χ2n) is 21.4. The molecule has 9 rings (SSSR count). The molecular formula is C62H72ClF4N9O14S3. The fourth-order valence-corrected chi connectivity index (χ4v) is 11.8. The molecular weight excluding hydrogens is 1300 g/mol. The van der Waals surface area contributed by atoms with Gasteiger partial charge in [0.2, 0.25) is 23.6 Å². The third-order valence-electron chi connectivity index (χ3n) is 13.2. The molecule has 0 saturated heterocycles. The minimum absolute atomic E-state index is 0. The number of methoxy groups -OCH3 is 1. The Kier molecular flexibility index (Phi) is 22.4. The van der Waals surface area contributed by atoms with Crippen molar-refractivity contribution in [2.75, 3.05) is 29.7 Å². The molecule has 1 atom stereocenters. The van der Waals surface area contributed by atoms with Crippen molar-refractivity contribution < 1.29 is 89.6 Å². The van der Waals surface area contributed by atoms with Crippen LogP contribution < -0.4 is 34.9 Å². The molecule has 0 unspecified atom stereocenters. The maximum absolute atomic E-state index is 13.9. The zero-order valence-corrected chi connectivity index (χ0v) is 53.4. The number of amides is 6. The summed E-state index contributed by atoms with van der Waals surface area (Å²) in [5, 5.41) is 9.96. The zero-order valence-electron chi connectivity index (χ0n) is 50.2. The number of para-hydroxylation sites is 1. The van der Waals surface area contributed by atoms with Crippen molar-refractivity contribution in [2.24, 2.45) is 5.41 Å². The van der Waals surface area contributed by atoms with Crippen LogP contribution >= 0.6 is 11.6 Å². The van der Waals surface area contributed by atoms with Crippen LogP contribution in [0.2, 0.25) is 5.02 Å². The summed E-state index contributed by atoms with van der Waals surface area (Å²) in [5.74, 6) is -2.81. The zero-order chi connectivity index (χ0) is 68.2. The molecule has 0 aliphatic carbocycles. The van der Waals surface area contributed by atoms with Crippen molar-refractivity contribution in [2.45, 2.75) is 80.9 Å². The lowest BCUT2D eigenvalue weighted by atomic mass is 9.92. The molecule has 93 heavy (non-hydrogen) atoms. The topological polar surface area (TPSA) is 318 Å². The standard InChI is InChI=1S/C23H26FN3O4S.C21H18F3N3O5S.C18H16ClN3O5S.6H2/c1-15(27-13-12-18-19(24)6-5-7-20(18)27)22(29)25-16-8-10-17(11-9-16)32(30,31)26-21(28)14-23(2,3)4;1-2-18(28)27-33(30,31)14-8-6-13(7-9-14)26-19(29)12-32-17-10-11-25-20-15(17)4-3-5-16(20)21(22,23)24;1-27-18(24)21-28(25,26)15-6-4-14(5-7-15)20-17(23)11-22-9-8-12-2-3-13(19)10-16(12)22;;;;;;/h5-13,15H,14H2,1-4H3,(H,25,29)(H,26,28);3-11H,2,12H2,1H3,(H,26,29)(H,27,28);2-10H,11H2,1H3,(H,20,23)(H,21,24);6*1H/t15-;;;;;;;;/m1......../s1. The smallest absolute Gasteiger partial charge is 0.420 e. The Hall–Kier alpha value is -9.91. The summed E-state index contributed by atoms with van der Waals surface area (Å²) in [7, 11) is -11.0. The Morgan fingerprint density at radius 3 is 1.73 bits per heavy atom. The number of carbonyl (C=O) groups is 6. The van der Waals surface area contributed by atoms with Gasteiger partial charge in [0.15, 0.2) is 6.61 Å². The van der Waals surface area contributed by atoms with Crippen molar-refractivity contribution in [3.05, 3.63) is 181 Å². The number of nitrogens with zero attached hydrogens (tertiary/aromatic N) is 3. The third kappa shape index (κ3) is 19.1. The predicted octanol–water partition coefficient (Wildman–Crippen LogP) is 12.2. The van der Waals surface area contributed by atoms with Gasteiger partial charge in [0.05, 0.1) is 38.4 Å². The first-order valence-corrected chi connectivity index (χ1v) is 32.5. The number of halogens is 5. The van der Waals surface area contributed by atoms with E-state index < -0.39 is 78.3 Å². The summed E-state index contributed by atoms with van der Waals surface area (Å²) >= 11 is 6.01. The molecule has 3 heterocycles. The number of anilines is 3. The van der Waals surface area contributed by atoms with Gasteiger partial charge in [-0.2, -0.15) is 13.2 Å². The molecule has 0 saturated carbocycles. The molecule has 502 valence electrons. The number of nitrogens with one attached hydrogen (secondary N) is 6. The van der Waals surface area contributed by atoms with E-state index >= 15 is 0 Å². The summed E-state index contributed by atoms with van der Waals surface area (Å²) in [6, 6.07) is 33.8. The number of ether oxygens (including phenoxy) is 2. The number of aromatic nitrogens is 3. The number of pyridine rings is 1. The lowest BCUT2D eigenvalue weighted by molar-refractivity contribution is -0.136. The Morgan fingerprint density at radius 1 is 0.624 bits per heavy atom. The molecule has 6 N–H and O–H groups in total. The van der Waals surface area contributed by atoms with Crippen LogP contribution in [-0.2, 0) is 71.5 Å². The first kappa shape index (κ1) is 70.5. The second kappa shape index (κ2) is 29.6. The number of fused-ring (bicyclic) bond motifs is 3. The minimum atomic E-state index is -4.60. The monoisotopic (exact) mass is 1370 g/mol. The van der Waals surface area contributed by atoms with E-state index in [9.17, 15) is 71.6 Å². The van der Waals surface area contributed by atoms with Gasteiger partial charge in [-0.3, -0.25) is 29.0 Å². The number of rotatable bonds is 18. The highest BCUT2D eigenvalue weighted by Gasteiger charge is 2.34. The summed E-state index contributed by atoms with van der Waals surface area (Å²) in [4.78, 5) is 75.0. The van der Waals surface area contributed by atoms with Crippen molar-refractivity contribution in [1.82, 2.24) is 28.3 Å². The SMILES string of the molecule is CCC(=O)NS(=O)(=O)c1ccc(NC(=O)COc2ccnc3c(C(F)(F)F)cccc23)cc1.COC(=O)NS(=O)(=O)c1ccc(NC(=O)Cn2ccc3ccc(Cl)cc32)cc1.C[C@H](C(=O)Nc1ccc(S(=O)(=O)NC(=O)CC(C)(C)C)cc1)n1ccc2c(F)cccc21.[HH].[HH].[HH].[HH].[HH].[HH]. The van der Waals surface area contributed by atoms with Gasteiger partial charge in [-0.15, -0.1) is 0 Å². The number of alkyl halides is 3. The molecule has 0 radical (unpaired) electrons. The highest BCUT2D eigenvalue weighted by atomic mass is 35.5. The lowest BCUT2D eigenvalue weighted by Crippen LogP contribution is -2.33. The highest BCUT2D eigenvalue weighted by molar-refractivity contribution is 7.90. The van der Waals surface area contributed by atoms with E-state index in [4.69, 9.17) is 16.3 Å². The quantitative estimate of drug-likeness (QED) is 0.0435. The van der Waals surface area contributed by atoms with E-state index in [1.807, 2.05) is 37.6 Å². The molecule has 0 bridgehead atoms. The van der Waals surface area contributed by atoms with E-state index in [0.29, 0.717) is 27.3 Å². The molecule has 6 aromatic carbocycles. The van der Waals surface area contributed by atoms with Gasteiger partial charge in [-0.1, -0.05) is 57.5 Å². The van der Waals surface area contributed by atoms with Crippen LogP contribution in [0.4, 0.5) is 39.4 Å². The molecule has 0 aliphatic heterocycles. The summed E-state index contributed by atoms with van der Waals surface area (Å²) < 4.78 is 145. The average molecular weight is 1370 g/mol. The number of benzene rings is 6. The number of hydrogen-bond donors (Lipinski definition) is 6. The average Bonchev–Trinajstić information content (AvgIpc) is 1.78. The number of sulfonamides is 3. The third-order valence-corrected chi connectivity index (χ3v) is 17.5. The minimum Gasteiger partial charge on any atom is -0.483 e. The van der Waals surface area contributed by atoms with Crippen molar-refractivity contribution in [3.63, 3.8) is 0 Å². The summed E-state index contributed by atoms with van der Waals surface area (Å²) in [6.07, 6.45) is -1.03. The molecule has 0 fully saturated rings. The lowest BCUT2D eigenvalue weighted by Gasteiger charge is -2.17. The Bertz CT molecular complexity index is 4660. The fraction of sp³-hybridized carbons (Fsp3) is 0.210. The van der Waals surface area contributed by atoms with E-state index in [1.54, 1.807) is 63.5 Å². The van der Waals surface area contributed by atoms with Crippen LogP contribution in [0.25, 0.3) is 32.7 Å². The van der Waals surface area contributed by atoms with Crippen LogP contribution in [0.15, 0.2) is 179 Å². The van der Waals surface area contributed by atoms with Crippen LogP contribution in [0.5, 0.6) is 5.75 Å². The first-order valence-electron chi connectivity index (χ1n) is 27.7. The van der Waals surface area contributed by atoms with E-state index in [1.165, 1.54) is 104 Å². The molecule has 0 spiro atoms. The first-order chi connectivity index (χ1) is 43.7. The van der Waals surface area contributed by atoms with Crippen LogP contribution in [0.3, 0.4) is 0 Å². The van der Waals surface area contributed by atoms with Crippen molar-refractivity contribution in [1.29, 1.82) is 0 Å². The van der Waals surface area contributed by atoms with E-state index in [-0.39, 0.29) is 88.0 Å². The molecule has 3 aromatic heterocycles. The maximum Gasteiger partial charge on any atom is 0.420 e. The summed E-state index contributed by atoms with van der Waals surface area (Å²) in [6.45, 7) is 8.26. The molecule has 31 heteroatoms. The van der Waals surface area contributed by atoms with Crippen molar-refractivity contribution >= 4 is 127 Å². The number of hydrogen-bond acceptors (Lipinski definition) is 15. The summed E-state index contributed by atoms with van der Waals surface area (Å²) in [5.41, 5.74) is 0.929. The second-order valence-corrected chi connectivity index (χ2v) is 26.9. The fourth-order valence-electron chi connectivity index (χ4n) is 8.73. The van der Waals surface area contributed by atoms with Crippen molar-refractivity contribution in [3.8, 4) is 5.75 Å². The molecule has 6 amide bonds. The van der Waals surface area contributed by atoms with Gasteiger partial charge >= 0.3 is 12.3 Å². The Morgan fingerprint density at radius 2 is 1.17 bits per heavy atom. The van der Waals surface area contributed by atoms with Gasteiger partial charge in [-0.25, -0.2) is 48.6 Å². The maximum atomic E-state index is 13.9. The van der Waals surface area contributed by atoms with Gasteiger partial charge in [0.25, 0.3) is 36.0 Å². The van der Waals surface area contributed by atoms with Gasteiger partial charge in [0.1, 0.15) is 24.2 Å². The predicted molar refractivity (Wildman–Crippen MR) is 351 cm³/mol. The largest absolute Gasteiger partial charge is 0.483 e. The van der Waals surface area contributed by atoms with E-state index in [0.717, 1.165) is 30.3 Å². The van der Waals surface area contributed by atoms with Crippen LogP contribution in [-0.4, -0.2) is 88.7 Å². The highest BCUT2D eigenvalue weighted by Crippen LogP contribution is 2.36. The molecule has 23 nitrogen and oxygen atoms in total. The number of carbonyl (C=O) groups excluding carboxylic acids is 6. The Balaban J connectivity index is 0.000000723. The van der Waals surface area contributed by atoms with Gasteiger partial charge in [-0.05, 0) is 145 Å². The van der Waals surface area contributed by atoms with Crippen LogP contribution in [0, 0.1) is 11.2 Å². The Labute approximate surface area is 544 Å². The normalized spacial score (nSPS) is 12.0. The van der Waals surface area contributed by atoms with E-state index in [2.05, 4.69) is 30.4 Å².